The van der Waals surface area contributed by atoms with Crippen molar-refractivity contribution in [3.8, 4) is 0 Å². The number of isocyanates is 2. The number of hydrogen-bond donors (Lipinski definition) is 0. The van der Waals surface area contributed by atoms with Crippen molar-refractivity contribution in [2.24, 2.45) is 9.98 Å². The molecule has 0 radical (unpaired) electrons. The van der Waals surface area contributed by atoms with Crippen LogP contribution in [-0.2, 0) is 50.4 Å². The van der Waals surface area contributed by atoms with E-state index in [4.69, 9.17) is 0 Å². The Labute approximate surface area is 305 Å². The van der Waals surface area contributed by atoms with E-state index in [2.05, 4.69) is 92.7 Å². The van der Waals surface area contributed by atoms with E-state index < -0.39 is 29.3 Å². The van der Waals surface area contributed by atoms with E-state index in [0.717, 1.165) is 8.70 Å². The summed E-state index contributed by atoms with van der Waals surface area (Å²) in [5.41, 5.74) is 0.558. The van der Waals surface area contributed by atoms with Gasteiger partial charge < -0.3 is 0 Å². The summed E-state index contributed by atoms with van der Waals surface area (Å²) in [6.45, 7) is 0. The van der Waals surface area contributed by atoms with Gasteiger partial charge in [0.15, 0.2) is 0 Å². The topological polar surface area (TPSA) is 84.6 Å². The molecular formula is C36H26As2N4O2Pd2. The summed E-state index contributed by atoms with van der Waals surface area (Å²) in [5.74, 6) is 0. The molecule has 6 nitrogen and oxygen atoms in total. The van der Waals surface area contributed by atoms with Gasteiger partial charge in [-0.15, -0.1) is 0 Å². The van der Waals surface area contributed by atoms with Crippen LogP contribution in [-0.4, -0.2) is 51.4 Å². The van der Waals surface area contributed by atoms with Gasteiger partial charge in [-0.1, -0.05) is 0 Å². The Morgan fingerprint density at radius 2 is 0.891 bits per heavy atom. The fourth-order valence-corrected chi connectivity index (χ4v) is 13.9. The Morgan fingerprint density at radius 3 is 1.30 bits per heavy atom. The molecule has 0 atom stereocenters. The predicted octanol–water partition coefficient (Wildman–Crippen LogP) is 3.13. The maximum atomic E-state index is 10.9. The molecule has 0 N–H and O–H groups in total. The van der Waals surface area contributed by atoms with Crippen molar-refractivity contribution in [3.63, 3.8) is 0 Å². The number of nitrogens with zero attached hydrogens (tertiary/aromatic N) is 4. The molecule has 0 fully saturated rings. The summed E-state index contributed by atoms with van der Waals surface area (Å²) < 4.78 is 6.99. The van der Waals surface area contributed by atoms with E-state index in [9.17, 15) is 9.59 Å². The van der Waals surface area contributed by atoms with Gasteiger partial charge in [0.05, 0.1) is 0 Å². The van der Waals surface area contributed by atoms with E-state index in [1.165, 1.54) is 25.3 Å². The molecular weight excluding hydrogens is 883 g/mol. The minimum absolute atomic E-state index is 0. The average molecular weight is 909 g/mol. The predicted molar refractivity (Wildman–Crippen MR) is 179 cm³/mol. The number of hydrogen-bond acceptors (Lipinski definition) is 6. The molecule has 2 aromatic heterocycles. The second-order valence-electron chi connectivity index (χ2n) is 9.11. The van der Waals surface area contributed by atoms with Gasteiger partial charge in [-0.25, -0.2) is 0 Å². The average Bonchev–Trinajstić information content (AvgIpc) is 3.09. The zero-order valence-corrected chi connectivity index (χ0v) is 31.0. The van der Waals surface area contributed by atoms with Gasteiger partial charge in [-0.3, -0.25) is 0 Å². The quantitative estimate of drug-likeness (QED) is 0.134. The minimum atomic E-state index is -2.09. The molecule has 46 heavy (non-hydrogen) atoms. The van der Waals surface area contributed by atoms with Gasteiger partial charge in [0.1, 0.15) is 0 Å². The third kappa shape index (κ3) is 9.69. The first-order chi connectivity index (χ1) is 21.8. The van der Waals surface area contributed by atoms with Gasteiger partial charge >= 0.3 is 267 Å². The third-order valence-corrected chi connectivity index (χ3v) is 16.3. The Hall–Kier alpha value is -3.62. The molecule has 0 amide bonds. The molecule has 0 unspecified atom stereocenters. The molecule has 6 rings (SSSR count). The molecule has 4 aromatic carbocycles. The van der Waals surface area contributed by atoms with Crippen LogP contribution in [0.2, 0.25) is 0 Å². The summed E-state index contributed by atoms with van der Waals surface area (Å²) in [6, 6.07) is 49.2. The standard InChI is InChI=1S/C19H12AsN3O2.C17H14AsN.2Pd/c24-13-22-17-11-12-21-19(18(17)23-14-25)20(15-7-3-1-4-8-15)16-9-5-2-6-10-16;1-3-9-15(10-4-1)18(16-11-5-2-6-12-16)17-13-7-8-14-19-17;;/h1-12H;1-14H;;. The van der Waals surface area contributed by atoms with Crippen molar-refractivity contribution in [1.82, 2.24) is 9.97 Å². The number of aromatic nitrogens is 2. The van der Waals surface area contributed by atoms with Crippen molar-refractivity contribution in [1.29, 1.82) is 0 Å². The van der Waals surface area contributed by atoms with Gasteiger partial charge in [0.25, 0.3) is 0 Å². The second kappa shape index (κ2) is 19.8. The number of carbonyl (C=O) groups excluding carboxylic acids is 2. The fourth-order valence-electron chi connectivity index (χ4n) is 4.49. The molecule has 0 bridgehead atoms. The zero-order valence-electron chi connectivity index (χ0n) is 24.1. The maximum absolute atomic E-state index is 10.9. The van der Waals surface area contributed by atoms with Crippen LogP contribution < -0.4 is 26.4 Å². The van der Waals surface area contributed by atoms with E-state index >= 15 is 0 Å². The fraction of sp³-hybridized carbons (Fsp3) is 0. The summed E-state index contributed by atoms with van der Waals surface area (Å²) in [5, 5.41) is 0. The van der Waals surface area contributed by atoms with Crippen LogP contribution in [0.5, 0.6) is 0 Å². The number of pyridine rings is 2. The van der Waals surface area contributed by atoms with Crippen LogP contribution >= 0.6 is 0 Å². The Bertz CT molecular complexity index is 1740. The van der Waals surface area contributed by atoms with E-state index in [1.807, 2.05) is 72.9 Å². The van der Waals surface area contributed by atoms with Crippen LogP contribution in [0.4, 0.5) is 11.4 Å². The van der Waals surface area contributed by atoms with Crippen molar-refractivity contribution >= 4 is 79.2 Å². The first-order valence-corrected chi connectivity index (χ1v) is 19.3. The van der Waals surface area contributed by atoms with Crippen LogP contribution in [0, 0.1) is 0 Å². The van der Waals surface area contributed by atoms with Gasteiger partial charge in [0, 0.05) is 40.8 Å². The van der Waals surface area contributed by atoms with Crippen molar-refractivity contribution in [2.75, 3.05) is 0 Å². The summed E-state index contributed by atoms with van der Waals surface area (Å²) in [6.07, 6.45) is 6.52. The van der Waals surface area contributed by atoms with Crippen LogP contribution in [0.15, 0.2) is 168 Å². The van der Waals surface area contributed by atoms with Crippen LogP contribution in [0.1, 0.15) is 0 Å². The van der Waals surface area contributed by atoms with E-state index in [1.54, 1.807) is 12.3 Å². The number of rotatable bonds is 8. The van der Waals surface area contributed by atoms with E-state index in [0.29, 0.717) is 4.48 Å². The third-order valence-electron chi connectivity index (χ3n) is 6.35. The van der Waals surface area contributed by atoms with E-state index in [-0.39, 0.29) is 52.2 Å². The van der Waals surface area contributed by atoms with Gasteiger partial charge in [-0.2, -0.15) is 0 Å². The van der Waals surface area contributed by atoms with Crippen molar-refractivity contribution in [2.45, 2.75) is 0 Å². The first-order valence-electron chi connectivity index (χ1n) is 13.7. The van der Waals surface area contributed by atoms with Gasteiger partial charge in [0.2, 0.25) is 0 Å². The molecule has 10 heteroatoms. The molecule has 6 aromatic rings. The molecule has 0 saturated carbocycles. The normalized spacial score (nSPS) is 9.78. The molecule has 0 aliphatic rings. The summed E-state index contributed by atoms with van der Waals surface area (Å²) >= 11 is -3.59. The summed E-state index contributed by atoms with van der Waals surface area (Å²) in [7, 11) is 0. The van der Waals surface area contributed by atoms with Crippen LogP contribution in [0.3, 0.4) is 0 Å². The Kier molecular flexibility index (Phi) is 15.9. The molecule has 0 aliphatic carbocycles. The molecule has 0 spiro atoms. The first kappa shape index (κ1) is 36.8. The molecule has 2 heterocycles. The SMILES string of the molecule is O=C=Nc1ccnc([As](c2ccccc2)c2ccccc2)c1N=C=O.[Pd].[Pd].c1ccc([As](c2ccccc2)c2ccccn2)cc1. The van der Waals surface area contributed by atoms with Crippen molar-refractivity contribution in [3.05, 3.63) is 158 Å². The molecule has 0 aliphatic heterocycles. The number of aliphatic imine (C=N–C) groups is 2. The zero-order chi connectivity index (χ0) is 30.4. The monoisotopic (exact) mass is 908 g/mol. The Balaban J connectivity index is 0.000000248. The molecule has 232 valence electrons. The summed E-state index contributed by atoms with van der Waals surface area (Å²) in [4.78, 5) is 38.2. The van der Waals surface area contributed by atoms with Crippen molar-refractivity contribution < 1.29 is 50.4 Å². The molecule has 0 saturated heterocycles. The van der Waals surface area contributed by atoms with Crippen LogP contribution in [0.25, 0.3) is 0 Å². The number of benzene rings is 4. The van der Waals surface area contributed by atoms with Gasteiger partial charge in [-0.05, 0) is 0 Å². The Morgan fingerprint density at radius 1 is 0.457 bits per heavy atom. The second-order valence-corrected chi connectivity index (χ2v) is 18.1.